The number of thioether (sulfide) groups is 1. The second-order valence-electron chi connectivity index (χ2n) is 13.8. The molecular weight excluding hydrogens is 704 g/mol. The van der Waals surface area contributed by atoms with Crippen molar-refractivity contribution in [3.8, 4) is 5.75 Å². The molecule has 12 heteroatoms. The summed E-state index contributed by atoms with van der Waals surface area (Å²) in [6.07, 6.45) is 3.63. The average molecular weight is 749 g/mol. The average Bonchev–Trinajstić information content (AvgIpc) is 3.38. The first kappa shape index (κ1) is 40.2. The number of nitro benzene ring substituents is 1. The molecule has 0 aromatic heterocycles. The van der Waals surface area contributed by atoms with Gasteiger partial charge in [-0.1, -0.05) is 84.5 Å². The quantitative estimate of drug-likeness (QED) is 0.0522. The maximum Gasteiger partial charge on any atom is 0.413 e. The van der Waals surface area contributed by atoms with Gasteiger partial charge < -0.3 is 18.9 Å². The molecule has 0 bridgehead atoms. The lowest BCUT2D eigenvalue weighted by Gasteiger charge is -2.42. The van der Waals surface area contributed by atoms with Gasteiger partial charge >= 0.3 is 12.1 Å². The number of halogens is 1. The zero-order valence-electron chi connectivity index (χ0n) is 30.3. The molecule has 0 spiro atoms. The van der Waals surface area contributed by atoms with E-state index >= 15 is 0 Å². The van der Waals surface area contributed by atoms with Crippen LogP contribution in [0.2, 0.25) is 0 Å². The summed E-state index contributed by atoms with van der Waals surface area (Å²) in [5, 5.41) is 12.0. The van der Waals surface area contributed by atoms with E-state index in [0.29, 0.717) is 23.6 Å². The lowest BCUT2D eigenvalue weighted by Crippen LogP contribution is -2.59. The zero-order valence-corrected chi connectivity index (χ0v) is 31.9. The lowest BCUT2D eigenvalue weighted by atomic mass is 9.90. The van der Waals surface area contributed by atoms with Crippen LogP contribution >= 0.6 is 23.4 Å². The predicted molar refractivity (Wildman–Crippen MR) is 203 cm³/mol. The van der Waals surface area contributed by atoms with E-state index in [1.165, 1.54) is 40.9 Å². The van der Waals surface area contributed by atoms with Crippen molar-refractivity contribution >= 4 is 41.1 Å². The molecule has 3 aromatic carbocycles. The first-order valence-electron chi connectivity index (χ1n) is 16.8. The van der Waals surface area contributed by atoms with Gasteiger partial charge in [-0.05, 0) is 95.9 Å². The summed E-state index contributed by atoms with van der Waals surface area (Å²) in [5.74, 6) is -0.158. The summed E-state index contributed by atoms with van der Waals surface area (Å²) >= 11 is 8.36. The standard InChI is InChI=1S/C40H45ClN2O8S/c1-8-31(52-32-18-14-17-30(23-32)48-25-29-15-10-9-11-16-29)24-34(41)28(2)21-22-40(26-49-36(44)33-19-12-13-20-35(33)43(46)47)27-50-39(6,7)42(40)37(45)51-38(3,4)5/h8-20,23-24H,2,21-22,25-27H2,1,3-7H3/b31-8+,34-24+. The molecule has 0 aliphatic carbocycles. The van der Waals surface area contributed by atoms with Crippen LogP contribution in [-0.4, -0.2) is 52.0 Å². The number of para-hydroxylation sites is 1. The van der Waals surface area contributed by atoms with E-state index in [0.717, 1.165) is 21.1 Å². The van der Waals surface area contributed by atoms with Gasteiger partial charge in [0, 0.05) is 20.9 Å². The molecule has 1 aliphatic heterocycles. The van der Waals surface area contributed by atoms with E-state index < -0.39 is 33.9 Å². The maximum atomic E-state index is 13.7. The zero-order chi connectivity index (χ0) is 38.1. The summed E-state index contributed by atoms with van der Waals surface area (Å²) in [5.41, 5.74) is -2.11. The first-order valence-corrected chi connectivity index (χ1v) is 18.0. The largest absolute Gasteiger partial charge is 0.489 e. The Hall–Kier alpha value is -4.58. The summed E-state index contributed by atoms with van der Waals surface area (Å²) < 4.78 is 23.6. The number of allylic oxidation sites excluding steroid dienone is 4. The molecule has 0 saturated carbocycles. The van der Waals surface area contributed by atoms with Crippen LogP contribution < -0.4 is 4.74 Å². The maximum absolute atomic E-state index is 13.7. The Balaban J connectivity index is 1.52. The van der Waals surface area contributed by atoms with Crippen LogP contribution in [0.4, 0.5) is 10.5 Å². The number of amides is 1. The number of benzene rings is 3. The van der Waals surface area contributed by atoms with Crippen molar-refractivity contribution in [2.75, 3.05) is 13.2 Å². The van der Waals surface area contributed by atoms with Crippen LogP contribution in [0.15, 0.2) is 118 Å². The van der Waals surface area contributed by atoms with Gasteiger partial charge in [-0.2, -0.15) is 0 Å². The number of carbonyl (C=O) groups excluding carboxylic acids is 2. The van der Waals surface area contributed by atoms with E-state index in [1.807, 2.05) is 73.7 Å². The van der Waals surface area contributed by atoms with Gasteiger partial charge in [-0.3, -0.25) is 15.0 Å². The highest BCUT2D eigenvalue weighted by atomic mass is 35.5. The Morgan fingerprint density at radius 3 is 2.44 bits per heavy atom. The molecule has 1 heterocycles. The second kappa shape index (κ2) is 17.3. The molecule has 0 radical (unpaired) electrons. The number of nitro groups is 1. The predicted octanol–water partition coefficient (Wildman–Crippen LogP) is 10.2. The van der Waals surface area contributed by atoms with Gasteiger partial charge in [-0.25, -0.2) is 9.59 Å². The summed E-state index contributed by atoms with van der Waals surface area (Å²) in [6, 6.07) is 23.3. The van der Waals surface area contributed by atoms with Crippen molar-refractivity contribution in [2.45, 2.75) is 82.8 Å². The van der Waals surface area contributed by atoms with Gasteiger partial charge in [-0.15, -0.1) is 0 Å². The van der Waals surface area contributed by atoms with E-state index in [4.69, 9.17) is 30.5 Å². The van der Waals surface area contributed by atoms with Crippen LogP contribution in [0.25, 0.3) is 0 Å². The lowest BCUT2D eigenvalue weighted by molar-refractivity contribution is -0.385. The van der Waals surface area contributed by atoms with Crippen LogP contribution in [0.5, 0.6) is 5.75 Å². The van der Waals surface area contributed by atoms with Gasteiger partial charge in [0.25, 0.3) is 5.69 Å². The minimum Gasteiger partial charge on any atom is -0.489 e. The highest BCUT2D eigenvalue weighted by Gasteiger charge is 2.56. The Morgan fingerprint density at radius 1 is 1.08 bits per heavy atom. The van der Waals surface area contributed by atoms with Crippen LogP contribution in [-0.2, 0) is 20.8 Å². The number of hydrogen-bond donors (Lipinski definition) is 0. The number of nitrogens with zero attached hydrogens (tertiary/aromatic N) is 2. The van der Waals surface area contributed by atoms with Crippen LogP contribution in [0.3, 0.4) is 0 Å². The number of carbonyl (C=O) groups is 2. The highest BCUT2D eigenvalue weighted by Crippen LogP contribution is 2.41. The Bertz CT molecular complexity index is 1840. The van der Waals surface area contributed by atoms with Gasteiger partial charge in [0.1, 0.15) is 41.4 Å². The fourth-order valence-corrected chi connectivity index (χ4v) is 6.75. The fraction of sp³-hybridized carbons (Fsp3) is 0.350. The van der Waals surface area contributed by atoms with Crippen molar-refractivity contribution in [3.63, 3.8) is 0 Å². The number of esters is 1. The summed E-state index contributed by atoms with van der Waals surface area (Å²) in [7, 11) is 0. The third-order valence-electron chi connectivity index (χ3n) is 8.15. The molecule has 276 valence electrons. The highest BCUT2D eigenvalue weighted by molar-refractivity contribution is 8.03. The minimum absolute atomic E-state index is 0.00331. The van der Waals surface area contributed by atoms with Gasteiger partial charge in [0.15, 0.2) is 0 Å². The molecule has 1 amide bonds. The number of ether oxygens (including phenoxy) is 4. The summed E-state index contributed by atoms with van der Waals surface area (Å²) in [6.45, 7) is 15.0. The molecule has 52 heavy (non-hydrogen) atoms. The fourth-order valence-electron chi connectivity index (χ4n) is 5.58. The molecule has 1 saturated heterocycles. The van der Waals surface area contributed by atoms with E-state index in [1.54, 1.807) is 34.6 Å². The van der Waals surface area contributed by atoms with Crippen molar-refractivity contribution < 1.29 is 33.5 Å². The second-order valence-corrected chi connectivity index (χ2v) is 15.3. The normalized spacial score (nSPS) is 17.4. The van der Waals surface area contributed by atoms with Crippen molar-refractivity contribution in [1.82, 2.24) is 4.90 Å². The molecule has 4 rings (SSSR count). The number of rotatable bonds is 14. The smallest absolute Gasteiger partial charge is 0.413 e. The molecule has 0 N–H and O–H groups in total. The molecular formula is C40H45ClN2O8S. The molecule has 1 aliphatic rings. The third kappa shape index (κ3) is 10.7. The topological polar surface area (TPSA) is 117 Å². The third-order valence-corrected chi connectivity index (χ3v) is 9.60. The monoisotopic (exact) mass is 748 g/mol. The van der Waals surface area contributed by atoms with Crippen molar-refractivity contribution in [3.05, 3.63) is 134 Å². The molecule has 1 unspecified atom stereocenters. The Labute approximate surface area is 314 Å². The van der Waals surface area contributed by atoms with Crippen molar-refractivity contribution in [1.29, 1.82) is 0 Å². The van der Waals surface area contributed by atoms with Crippen LogP contribution in [0.1, 0.15) is 70.3 Å². The molecule has 1 atom stereocenters. The van der Waals surface area contributed by atoms with Crippen molar-refractivity contribution in [2.24, 2.45) is 0 Å². The summed E-state index contributed by atoms with van der Waals surface area (Å²) in [4.78, 5) is 41.2. The molecule has 3 aromatic rings. The molecule has 1 fully saturated rings. The van der Waals surface area contributed by atoms with E-state index in [2.05, 4.69) is 6.58 Å². The van der Waals surface area contributed by atoms with E-state index in [-0.39, 0.29) is 30.9 Å². The SMILES string of the molecule is C=C(CCC1(COC(=O)c2ccccc2[N+](=O)[O-])COC(C)(C)N1C(=O)OC(C)(C)C)/C(Cl)=C\C(=C/C)Sc1cccc(OCc2ccccc2)c1. The van der Waals surface area contributed by atoms with E-state index in [9.17, 15) is 19.7 Å². The Morgan fingerprint density at radius 2 is 1.77 bits per heavy atom. The van der Waals surface area contributed by atoms with Crippen LogP contribution in [0, 0.1) is 10.1 Å². The van der Waals surface area contributed by atoms with Gasteiger partial charge in [0.05, 0.1) is 11.5 Å². The minimum atomic E-state index is -1.22. The molecule has 10 nitrogen and oxygen atoms in total. The number of hydrogen-bond acceptors (Lipinski definition) is 9. The first-order chi connectivity index (χ1) is 24.5. The van der Waals surface area contributed by atoms with Gasteiger partial charge in [0.2, 0.25) is 0 Å². The Kier molecular flexibility index (Phi) is 13.4.